The zero-order chi connectivity index (χ0) is 22.1. The second-order valence-corrected chi connectivity index (χ2v) is 8.63. The van der Waals surface area contributed by atoms with Gasteiger partial charge in [0.05, 0.1) is 16.1 Å². The standard InChI is InChI=1S/C21H26ClF3N4O/c1-11(2)17-9-18(29-28-17)27-10-12-3-5-13(6-4-12)15-7-14(21(23,24)25)8-16(19(15)22)20(26)30/h7-9,11-13H,3-6,10H2,1-2H3,(H2,26,30)(H2,27,28,29). The Kier molecular flexibility index (Phi) is 6.65. The van der Waals surface area contributed by atoms with Crippen LogP contribution in [-0.4, -0.2) is 22.6 Å². The van der Waals surface area contributed by atoms with E-state index in [1.165, 1.54) is 0 Å². The minimum Gasteiger partial charge on any atom is -0.368 e. The third kappa shape index (κ3) is 5.09. The number of rotatable bonds is 6. The number of aromatic nitrogens is 2. The van der Waals surface area contributed by atoms with E-state index in [4.69, 9.17) is 17.3 Å². The number of carbonyl (C=O) groups excluding carboxylic acids is 1. The normalized spacial score (nSPS) is 19.8. The molecule has 2 aromatic rings. The predicted molar refractivity (Wildman–Crippen MR) is 111 cm³/mol. The number of hydrogen-bond donors (Lipinski definition) is 3. The van der Waals surface area contributed by atoms with E-state index < -0.39 is 17.6 Å². The molecule has 1 aliphatic rings. The van der Waals surface area contributed by atoms with Gasteiger partial charge in [-0.2, -0.15) is 18.3 Å². The molecule has 1 heterocycles. The van der Waals surface area contributed by atoms with Crippen LogP contribution in [0.15, 0.2) is 18.2 Å². The van der Waals surface area contributed by atoms with Crippen molar-refractivity contribution in [1.82, 2.24) is 10.2 Å². The van der Waals surface area contributed by atoms with Crippen molar-refractivity contribution in [3.63, 3.8) is 0 Å². The summed E-state index contributed by atoms with van der Waals surface area (Å²) in [5.74, 6) is 0.469. The Bertz CT molecular complexity index is 902. The number of anilines is 1. The van der Waals surface area contributed by atoms with Gasteiger partial charge in [0.2, 0.25) is 5.91 Å². The molecule has 1 amide bonds. The molecule has 1 fully saturated rings. The SMILES string of the molecule is CC(C)c1cc(NCC2CCC(c3cc(C(F)(F)F)cc(C(N)=O)c3Cl)CC2)n[nH]1. The molecule has 3 rings (SSSR count). The van der Waals surface area contributed by atoms with E-state index in [0.717, 1.165) is 43.0 Å². The lowest BCUT2D eigenvalue weighted by molar-refractivity contribution is -0.137. The molecule has 30 heavy (non-hydrogen) atoms. The summed E-state index contributed by atoms with van der Waals surface area (Å²) in [4.78, 5) is 11.6. The van der Waals surface area contributed by atoms with E-state index >= 15 is 0 Å². The number of H-pyrrole nitrogens is 1. The second-order valence-electron chi connectivity index (χ2n) is 8.25. The number of aromatic amines is 1. The summed E-state index contributed by atoms with van der Waals surface area (Å²) in [6.45, 7) is 4.92. The fraction of sp³-hybridized carbons (Fsp3) is 0.524. The summed E-state index contributed by atoms with van der Waals surface area (Å²) in [5.41, 5.74) is 5.51. The topological polar surface area (TPSA) is 83.8 Å². The number of halogens is 4. The van der Waals surface area contributed by atoms with Gasteiger partial charge < -0.3 is 11.1 Å². The molecule has 0 spiro atoms. The molecule has 4 N–H and O–H groups in total. The Balaban J connectivity index is 1.66. The lowest BCUT2D eigenvalue weighted by Crippen LogP contribution is -2.22. The van der Waals surface area contributed by atoms with Crippen molar-refractivity contribution in [2.45, 2.75) is 57.5 Å². The zero-order valence-corrected chi connectivity index (χ0v) is 17.7. The molecule has 1 aromatic heterocycles. The van der Waals surface area contributed by atoms with E-state index in [1.54, 1.807) is 0 Å². The first-order chi connectivity index (χ1) is 14.1. The monoisotopic (exact) mass is 442 g/mol. The van der Waals surface area contributed by atoms with Crippen LogP contribution < -0.4 is 11.1 Å². The van der Waals surface area contributed by atoms with Gasteiger partial charge in [0.1, 0.15) is 5.82 Å². The number of nitrogens with two attached hydrogens (primary N) is 1. The van der Waals surface area contributed by atoms with E-state index in [1.807, 2.05) is 6.07 Å². The average molecular weight is 443 g/mol. The largest absolute Gasteiger partial charge is 0.416 e. The van der Waals surface area contributed by atoms with Crippen LogP contribution in [0.3, 0.4) is 0 Å². The Morgan fingerprint density at radius 3 is 2.47 bits per heavy atom. The van der Waals surface area contributed by atoms with Crippen molar-refractivity contribution in [3.8, 4) is 0 Å². The van der Waals surface area contributed by atoms with Crippen molar-refractivity contribution in [2.75, 3.05) is 11.9 Å². The van der Waals surface area contributed by atoms with Gasteiger partial charge in [0.25, 0.3) is 0 Å². The van der Waals surface area contributed by atoms with Crippen molar-refractivity contribution < 1.29 is 18.0 Å². The van der Waals surface area contributed by atoms with Gasteiger partial charge in [-0.15, -0.1) is 0 Å². The molecule has 0 radical (unpaired) electrons. The van der Waals surface area contributed by atoms with Crippen LogP contribution in [0.2, 0.25) is 5.02 Å². The minimum absolute atomic E-state index is 0.0369. The molecule has 9 heteroatoms. The molecule has 5 nitrogen and oxygen atoms in total. The minimum atomic E-state index is -4.57. The molecule has 0 saturated heterocycles. The molecule has 0 unspecified atom stereocenters. The fourth-order valence-electron chi connectivity index (χ4n) is 3.94. The number of hydrogen-bond acceptors (Lipinski definition) is 3. The van der Waals surface area contributed by atoms with Crippen molar-refractivity contribution >= 4 is 23.3 Å². The maximum atomic E-state index is 13.3. The number of nitrogens with one attached hydrogen (secondary N) is 2. The van der Waals surface area contributed by atoms with E-state index in [2.05, 4.69) is 29.4 Å². The highest BCUT2D eigenvalue weighted by atomic mass is 35.5. The van der Waals surface area contributed by atoms with Crippen LogP contribution in [0.4, 0.5) is 19.0 Å². The summed E-state index contributed by atoms with van der Waals surface area (Å²) < 4.78 is 39.8. The molecule has 0 atom stereocenters. The third-order valence-corrected chi connectivity index (χ3v) is 6.19. The summed E-state index contributed by atoms with van der Waals surface area (Å²) >= 11 is 6.27. The fourth-order valence-corrected chi connectivity index (χ4v) is 4.29. The van der Waals surface area contributed by atoms with Gasteiger partial charge in [-0.25, -0.2) is 0 Å². The number of carbonyl (C=O) groups is 1. The molecule has 1 aromatic carbocycles. The van der Waals surface area contributed by atoms with Gasteiger partial charge in [0, 0.05) is 18.3 Å². The van der Waals surface area contributed by atoms with Gasteiger partial charge in [-0.3, -0.25) is 9.89 Å². The van der Waals surface area contributed by atoms with Gasteiger partial charge >= 0.3 is 6.18 Å². The van der Waals surface area contributed by atoms with E-state index in [0.29, 0.717) is 30.2 Å². The van der Waals surface area contributed by atoms with Crippen molar-refractivity contribution in [3.05, 3.63) is 45.6 Å². The van der Waals surface area contributed by atoms with Crippen LogP contribution in [0, 0.1) is 5.92 Å². The van der Waals surface area contributed by atoms with Gasteiger partial charge in [-0.05, 0) is 61.1 Å². The van der Waals surface area contributed by atoms with E-state index in [-0.39, 0.29) is 16.5 Å². The van der Waals surface area contributed by atoms with Crippen LogP contribution >= 0.6 is 11.6 Å². The maximum Gasteiger partial charge on any atom is 0.416 e. The van der Waals surface area contributed by atoms with E-state index in [9.17, 15) is 18.0 Å². The summed E-state index contributed by atoms with van der Waals surface area (Å²) in [6, 6.07) is 3.79. The van der Waals surface area contributed by atoms with Gasteiger partial charge in [-0.1, -0.05) is 25.4 Å². The first-order valence-electron chi connectivity index (χ1n) is 10.1. The quantitative estimate of drug-likeness (QED) is 0.537. The number of alkyl halides is 3. The highest BCUT2D eigenvalue weighted by Gasteiger charge is 2.34. The Morgan fingerprint density at radius 1 is 1.27 bits per heavy atom. The number of nitrogens with zero attached hydrogens (tertiary/aromatic N) is 1. The first kappa shape index (κ1) is 22.5. The molecule has 0 bridgehead atoms. The lowest BCUT2D eigenvalue weighted by atomic mass is 9.78. The molecular weight excluding hydrogens is 417 g/mol. The molecule has 1 aliphatic carbocycles. The zero-order valence-electron chi connectivity index (χ0n) is 16.9. The average Bonchev–Trinajstić information content (AvgIpc) is 3.15. The number of amides is 1. The van der Waals surface area contributed by atoms with Crippen LogP contribution in [0.5, 0.6) is 0 Å². The van der Waals surface area contributed by atoms with Crippen molar-refractivity contribution in [2.24, 2.45) is 11.7 Å². The molecular formula is C21H26ClF3N4O. The number of benzene rings is 1. The number of primary amides is 1. The first-order valence-corrected chi connectivity index (χ1v) is 10.4. The lowest BCUT2D eigenvalue weighted by Gasteiger charge is -2.30. The van der Waals surface area contributed by atoms with Crippen LogP contribution in [0.1, 0.15) is 78.5 Å². The second kappa shape index (κ2) is 8.88. The molecule has 1 saturated carbocycles. The summed E-state index contributed by atoms with van der Waals surface area (Å²) in [5, 5.41) is 10.6. The smallest absolute Gasteiger partial charge is 0.368 e. The summed E-state index contributed by atoms with van der Waals surface area (Å²) in [7, 11) is 0. The van der Waals surface area contributed by atoms with Crippen LogP contribution in [-0.2, 0) is 6.18 Å². The van der Waals surface area contributed by atoms with Crippen molar-refractivity contribution in [1.29, 1.82) is 0 Å². The Hall–Kier alpha value is -2.22. The van der Waals surface area contributed by atoms with Crippen LogP contribution in [0.25, 0.3) is 0 Å². The van der Waals surface area contributed by atoms with Gasteiger partial charge in [0.15, 0.2) is 0 Å². The summed E-state index contributed by atoms with van der Waals surface area (Å²) in [6.07, 6.45) is -1.48. The predicted octanol–water partition coefficient (Wildman–Crippen LogP) is 5.69. The Morgan fingerprint density at radius 2 is 1.93 bits per heavy atom. The maximum absolute atomic E-state index is 13.3. The molecule has 0 aliphatic heterocycles. The third-order valence-electron chi connectivity index (χ3n) is 5.77. The highest BCUT2D eigenvalue weighted by molar-refractivity contribution is 6.34. The highest BCUT2D eigenvalue weighted by Crippen LogP contribution is 2.42. The Labute approximate surface area is 178 Å². The molecule has 164 valence electrons.